The van der Waals surface area contributed by atoms with E-state index in [1.807, 2.05) is 0 Å². The fourth-order valence-corrected chi connectivity index (χ4v) is 2.32. The van der Waals surface area contributed by atoms with Crippen LogP contribution in [0.15, 0.2) is 18.2 Å². The molecule has 7 nitrogen and oxygen atoms in total. The Morgan fingerprint density at radius 3 is 2.68 bits per heavy atom. The average Bonchev–Trinajstić information content (AvgIpc) is 2.31. The molecule has 0 fully saturated rings. The van der Waals surface area contributed by atoms with Crippen molar-refractivity contribution in [2.75, 3.05) is 24.2 Å². The number of anilines is 1. The molecule has 0 heterocycles. The third-order valence-corrected chi connectivity index (χ3v) is 3.23. The van der Waals surface area contributed by atoms with E-state index in [2.05, 4.69) is 9.46 Å². The van der Waals surface area contributed by atoms with Crippen LogP contribution < -0.4 is 9.46 Å². The highest BCUT2D eigenvalue weighted by atomic mass is 32.2. The van der Waals surface area contributed by atoms with Crippen molar-refractivity contribution in [2.24, 2.45) is 0 Å². The van der Waals surface area contributed by atoms with Crippen LogP contribution in [0.2, 0.25) is 0 Å². The third kappa shape index (κ3) is 4.32. The van der Waals surface area contributed by atoms with Crippen molar-refractivity contribution in [2.45, 2.75) is 6.92 Å². The van der Waals surface area contributed by atoms with Gasteiger partial charge in [-0.3, -0.25) is 9.52 Å². The number of benzene rings is 1. The Kier molecular flexibility index (Phi) is 4.99. The summed E-state index contributed by atoms with van der Waals surface area (Å²) < 4.78 is 35.0. The second kappa shape index (κ2) is 6.28. The normalized spacial score (nSPS) is 10.8. The number of nitrogens with one attached hydrogen (secondary N) is 1. The van der Waals surface area contributed by atoms with Crippen LogP contribution in [0.1, 0.15) is 6.92 Å². The monoisotopic (exact) mass is 289 g/mol. The highest BCUT2D eigenvalue weighted by molar-refractivity contribution is 7.93. The molecule has 0 saturated heterocycles. The summed E-state index contributed by atoms with van der Waals surface area (Å²) in [5.74, 6) is -1.86. The predicted octanol–water partition coefficient (Wildman–Crippen LogP) is 0.706. The van der Waals surface area contributed by atoms with Gasteiger partial charge >= 0.3 is 5.97 Å². The van der Waals surface area contributed by atoms with E-state index >= 15 is 0 Å². The van der Waals surface area contributed by atoms with Crippen molar-refractivity contribution >= 4 is 21.7 Å². The van der Waals surface area contributed by atoms with Crippen molar-refractivity contribution in [3.63, 3.8) is 0 Å². The van der Waals surface area contributed by atoms with Gasteiger partial charge in [-0.1, -0.05) is 6.07 Å². The highest BCUT2D eigenvalue weighted by Crippen LogP contribution is 2.33. The van der Waals surface area contributed by atoms with Gasteiger partial charge in [0.1, 0.15) is 17.2 Å². The van der Waals surface area contributed by atoms with Crippen molar-refractivity contribution in [1.82, 2.24) is 0 Å². The van der Waals surface area contributed by atoms with Gasteiger partial charge in [-0.15, -0.1) is 0 Å². The molecule has 8 heteroatoms. The Balaban J connectivity index is 2.93. The number of para-hydroxylation sites is 1. The number of carbonyl (C=O) groups excluding carboxylic acids is 1. The maximum Gasteiger partial charge on any atom is 0.323 e. The first-order valence-electron chi connectivity index (χ1n) is 5.41. The minimum absolute atomic E-state index is 0.0915. The standard InChI is InChI=1S/C11H15NO6S/c1-3-18-10(14)7-19(15,16)12-11-8(13)5-4-6-9(11)17-2/h4-6,12-13H,3,7H2,1-2H3. The lowest BCUT2D eigenvalue weighted by Crippen LogP contribution is -2.24. The number of sulfonamides is 1. The van der Waals surface area contributed by atoms with Gasteiger partial charge in [0.25, 0.3) is 0 Å². The summed E-state index contributed by atoms with van der Waals surface area (Å²) in [6.07, 6.45) is 0. The Morgan fingerprint density at radius 1 is 1.42 bits per heavy atom. The number of hydrogen-bond acceptors (Lipinski definition) is 6. The maximum atomic E-state index is 11.7. The minimum atomic E-state index is -3.98. The van der Waals surface area contributed by atoms with Gasteiger partial charge in [0.15, 0.2) is 5.75 Å². The summed E-state index contributed by atoms with van der Waals surface area (Å²) in [6, 6.07) is 4.27. The number of ether oxygens (including phenoxy) is 2. The topological polar surface area (TPSA) is 102 Å². The first-order chi connectivity index (χ1) is 8.89. The molecule has 1 aromatic rings. The smallest absolute Gasteiger partial charge is 0.323 e. The van der Waals surface area contributed by atoms with Crippen molar-refractivity contribution in [3.8, 4) is 11.5 Å². The zero-order valence-corrected chi connectivity index (χ0v) is 11.4. The number of hydrogen-bond donors (Lipinski definition) is 2. The van der Waals surface area contributed by atoms with E-state index in [-0.39, 0.29) is 23.8 Å². The van der Waals surface area contributed by atoms with E-state index < -0.39 is 21.7 Å². The lowest BCUT2D eigenvalue weighted by Gasteiger charge is -2.12. The molecular formula is C11H15NO6S. The van der Waals surface area contributed by atoms with E-state index in [1.54, 1.807) is 6.92 Å². The maximum absolute atomic E-state index is 11.7. The number of esters is 1. The number of phenolic OH excluding ortho intramolecular Hbond substituents is 1. The van der Waals surface area contributed by atoms with Crippen LogP contribution in [0, 0.1) is 0 Å². The van der Waals surface area contributed by atoms with Crippen molar-refractivity contribution < 1.29 is 27.8 Å². The van der Waals surface area contributed by atoms with E-state index in [0.717, 1.165) is 0 Å². The number of phenols is 1. The van der Waals surface area contributed by atoms with Crippen LogP contribution >= 0.6 is 0 Å². The second-order valence-electron chi connectivity index (χ2n) is 3.52. The number of methoxy groups -OCH3 is 1. The van der Waals surface area contributed by atoms with E-state index in [0.29, 0.717) is 0 Å². The fraction of sp³-hybridized carbons (Fsp3) is 0.364. The summed E-state index contributed by atoms with van der Waals surface area (Å²) in [5.41, 5.74) is -0.116. The third-order valence-electron chi connectivity index (χ3n) is 2.09. The van der Waals surface area contributed by atoms with Gasteiger partial charge in [0.05, 0.1) is 13.7 Å². The molecule has 1 aromatic carbocycles. The molecule has 1 rings (SSSR count). The Morgan fingerprint density at radius 2 is 2.11 bits per heavy atom. The van der Waals surface area contributed by atoms with Crippen molar-refractivity contribution in [1.29, 1.82) is 0 Å². The Bertz CT molecular complexity index is 554. The molecule has 0 unspecified atom stereocenters. The zero-order valence-electron chi connectivity index (χ0n) is 10.5. The molecule has 0 radical (unpaired) electrons. The Hall–Kier alpha value is -1.96. The predicted molar refractivity (Wildman–Crippen MR) is 68.7 cm³/mol. The number of rotatable bonds is 6. The quantitative estimate of drug-likeness (QED) is 0.590. The largest absolute Gasteiger partial charge is 0.506 e. The van der Waals surface area contributed by atoms with Crippen LogP contribution in [0.3, 0.4) is 0 Å². The van der Waals surface area contributed by atoms with E-state index in [4.69, 9.17) is 4.74 Å². The second-order valence-corrected chi connectivity index (χ2v) is 5.24. The fourth-order valence-electron chi connectivity index (χ4n) is 1.34. The number of carbonyl (C=O) groups is 1. The molecule has 0 aliphatic carbocycles. The lowest BCUT2D eigenvalue weighted by atomic mass is 10.3. The molecule has 19 heavy (non-hydrogen) atoms. The molecule has 0 aliphatic rings. The summed E-state index contributed by atoms with van der Waals surface area (Å²) in [4.78, 5) is 11.2. The Labute approximate surface area is 111 Å². The molecule has 0 saturated carbocycles. The molecule has 0 aromatic heterocycles. The van der Waals surface area contributed by atoms with Crippen molar-refractivity contribution in [3.05, 3.63) is 18.2 Å². The van der Waals surface area contributed by atoms with Crippen LogP contribution in [0.5, 0.6) is 11.5 Å². The van der Waals surface area contributed by atoms with Gasteiger partial charge in [0, 0.05) is 0 Å². The summed E-state index contributed by atoms with van der Waals surface area (Å²) in [7, 11) is -2.64. The first-order valence-corrected chi connectivity index (χ1v) is 7.07. The van der Waals surface area contributed by atoms with Crippen LogP contribution in [-0.2, 0) is 19.6 Å². The van der Waals surface area contributed by atoms with Crippen LogP contribution in [-0.4, -0.2) is 39.0 Å². The summed E-state index contributed by atoms with van der Waals surface area (Å²) in [5, 5.41) is 9.60. The average molecular weight is 289 g/mol. The van der Waals surface area contributed by atoms with Gasteiger partial charge < -0.3 is 14.6 Å². The summed E-state index contributed by atoms with van der Waals surface area (Å²) in [6.45, 7) is 1.66. The molecule has 0 spiro atoms. The molecule has 0 aliphatic heterocycles. The van der Waals surface area contributed by atoms with E-state index in [1.165, 1.54) is 25.3 Å². The molecule has 0 amide bonds. The van der Waals surface area contributed by atoms with E-state index in [9.17, 15) is 18.3 Å². The zero-order chi connectivity index (χ0) is 14.5. The highest BCUT2D eigenvalue weighted by Gasteiger charge is 2.21. The SMILES string of the molecule is CCOC(=O)CS(=O)(=O)Nc1c(O)cccc1OC. The lowest BCUT2D eigenvalue weighted by molar-refractivity contribution is -0.139. The van der Waals surface area contributed by atoms with Crippen LogP contribution in [0.4, 0.5) is 5.69 Å². The van der Waals surface area contributed by atoms with Gasteiger partial charge in [-0.05, 0) is 19.1 Å². The van der Waals surface area contributed by atoms with Crippen LogP contribution in [0.25, 0.3) is 0 Å². The minimum Gasteiger partial charge on any atom is -0.506 e. The molecular weight excluding hydrogens is 274 g/mol. The number of aromatic hydroxyl groups is 1. The first kappa shape index (κ1) is 15.1. The molecule has 2 N–H and O–H groups in total. The molecule has 0 bridgehead atoms. The van der Waals surface area contributed by atoms with Gasteiger partial charge in [-0.25, -0.2) is 8.42 Å². The van der Waals surface area contributed by atoms with Gasteiger partial charge in [0.2, 0.25) is 10.0 Å². The molecule has 0 atom stereocenters. The summed E-state index contributed by atoms with van der Waals surface area (Å²) >= 11 is 0. The molecule has 106 valence electrons. The van der Waals surface area contributed by atoms with Gasteiger partial charge in [-0.2, -0.15) is 0 Å².